The highest BCUT2D eigenvalue weighted by Crippen LogP contribution is 2.11. The molecule has 0 aliphatic heterocycles. The minimum atomic E-state index is -3.86. The Kier molecular flexibility index (Phi) is 5.46. The molecule has 6 nitrogen and oxygen atoms in total. The van der Waals surface area contributed by atoms with Crippen LogP contribution in [0, 0.1) is 0 Å². The Labute approximate surface area is 112 Å². The monoisotopic (exact) mass is 287 g/mol. The summed E-state index contributed by atoms with van der Waals surface area (Å²) in [5, 5.41) is 8.99. The number of carbonyl (C=O) groups is 1. The molecule has 0 amide bonds. The van der Waals surface area contributed by atoms with Gasteiger partial charge in [0, 0.05) is 0 Å². The quantitative estimate of drug-likeness (QED) is 0.722. The van der Waals surface area contributed by atoms with Gasteiger partial charge in [-0.05, 0) is 24.1 Å². The van der Waals surface area contributed by atoms with Crippen molar-refractivity contribution >= 4 is 16.0 Å². The highest BCUT2D eigenvalue weighted by atomic mass is 32.2. The highest BCUT2D eigenvalue weighted by Gasteiger charge is 2.25. The van der Waals surface area contributed by atoms with Crippen molar-refractivity contribution in [1.82, 2.24) is 4.72 Å². The first-order valence-corrected chi connectivity index (χ1v) is 7.23. The molecule has 0 fully saturated rings. The van der Waals surface area contributed by atoms with Crippen molar-refractivity contribution in [2.45, 2.75) is 24.3 Å². The minimum absolute atomic E-state index is 0.0343. The normalized spacial score (nSPS) is 13.0. The number of hydrogen-bond acceptors (Lipinski definition) is 5. The summed E-state index contributed by atoms with van der Waals surface area (Å²) < 4.78 is 30.5. The SMILES string of the molecule is CCc1ccc(S(=O)(=O)N[C@H](CO)C(=O)OC)cc1. The summed E-state index contributed by atoms with van der Waals surface area (Å²) in [5.74, 6) is -0.837. The number of rotatable bonds is 6. The topological polar surface area (TPSA) is 92.7 Å². The largest absolute Gasteiger partial charge is 0.468 e. The zero-order chi connectivity index (χ0) is 14.5. The number of nitrogens with one attached hydrogen (secondary N) is 1. The van der Waals surface area contributed by atoms with E-state index < -0.39 is 28.6 Å². The Balaban J connectivity index is 2.93. The van der Waals surface area contributed by atoms with Gasteiger partial charge in [0.15, 0.2) is 0 Å². The van der Waals surface area contributed by atoms with E-state index in [1.165, 1.54) is 12.1 Å². The van der Waals surface area contributed by atoms with E-state index in [0.29, 0.717) is 0 Å². The summed E-state index contributed by atoms with van der Waals surface area (Å²) in [6, 6.07) is 4.99. The Bertz CT molecular complexity index is 524. The third-order valence-electron chi connectivity index (χ3n) is 2.61. The lowest BCUT2D eigenvalue weighted by Gasteiger charge is -2.14. The van der Waals surface area contributed by atoms with Crippen LogP contribution in [0.3, 0.4) is 0 Å². The van der Waals surface area contributed by atoms with Gasteiger partial charge in [0.1, 0.15) is 6.04 Å². The number of sulfonamides is 1. The fraction of sp³-hybridized carbons (Fsp3) is 0.417. The summed E-state index contributed by atoms with van der Waals surface area (Å²) in [7, 11) is -2.74. The molecule has 2 N–H and O–H groups in total. The van der Waals surface area contributed by atoms with E-state index in [1.54, 1.807) is 12.1 Å². The lowest BCUT2D eigenvalue weighted by molar-refractivity contribution is -0.143. The van der Waals surface area contributed by atoms with Gasteiger partial charge in [0.25, 0.3) is 0 Å². The average Bonchev–Trinajstić information content (AvgIpc) is 2.44. The third-order valence-corrected chi connectivity index (χ3v) is 4.10. The van der Waals surface area contributed by atoms with E-state index in [-0.39, 0.29) is 4.90 Å². The van der Waals surface area contributed by atoms with Crippen LogP contribution in [0.5, 0.6) is 0 Å². The molecule has 7 heteroatoms. The van der Waals surface area contributed by atoms with Gasteiger partial charge in [-0.2, -0.15) is 4.72 Å². The van der Waals surface area contributed by atoms with Crippen LogP contribution in [0.4, 0.5) is 0 Å². The van der Waals surface area contributed by atoms with Gasteiger partial charge < -0.3 is 9.84 Å². The number of methoxy groups -OCH3 is 1. The number of carbonyl (C=O) groups excluding carboxylic acids is 1. The number of hydrogen-bond donors (Lipinski definition) is 2. The molecule has 1 rings (SSSR count). The molecule has 19 heavy (non-hydrogen) atoms. The van der Waals surface area contributed by atoms with E-state index in [0.717, 1.165) is 19.1 Å². The van der Waals surface area contributed by atoms with E-state index in [4.69, 9.17) is 5.11 Å². The van der Waals surface area contributed by atoms with Gasteiger partial charge in [0.2, 0.25) is 10.0 Å². The lowest BCUT2D eigenvalue weighted by Crippen LogP contribution is -2.43. The van der Waals surface area contributed by atoms with E-state index in [9.17, 15) is 13.2 Å². The lowest BCUT2D eigenvalue weighted by atomic mass is 10.2. The molecule has 0 radical (unpaired) electrons. The first-order chi connectivity index (χ1) is 8.94. The summed E-state index contributed by atoms with van der Waals surface area (Å²) in [6.07, 6.45) is 0.801. The number of aliphatic hydroxyl groups is 1. The molecule has 0 unspecified atom stereocenters. The first kappa shape index (κ1) is 15.6. The van der Waals surface area contributed by atoms with Gasteiger partial charge in [0.05, 0.1) is 18.6 Å². The second-order valence-corrected chi connectivity index (χ2v) is 5.59. The maximum Gasteiger partial charge on any atom is 0.326 e. The summed E-state index contributed by atoms with van der Waals surface area (Å²) in [4.78, 5) is 11.3. The predicted octanol–water partition coefficient (Wildman–Crippen LogP) is 0.0612. The van der Waals surface area contributed by atoms with Crippen LogP contribution >= 0.6 is 0 Å². The summed E-state index contributed by atoms with van der Waals surface area (Å²) in [6.45, 7) is 1.29. The number of aryl methyl sites for hydroxylation is 1. The van der Waals surface area contributed by atoms with Gasteiger partial charge in [-0.3, -0.25) is 4.79 Å². The molecule has 0 aromatic heterocycles. The van der Waals surface area contributed by atoms with Crippen molar-refractivity contribution in [3.8, 4) is 0 Å². The maximum atomic E-state index is 12.0. The van der Waals surface area contributed by atoms with Crippen LogP contribution in [-0.4, -0.2) is 39.3 Å². The molecule has 0 saturated heterocycles. The van der Waals surface area contributed by atoms with E-state index >= 15 is 0 Å². The fourth-order valence-electron chi connectivity index (χ4n) is 1.46. The minimum Gasteiger partial charge on any atom is -0.468 e. The predicted molar refractivity (Wildman–Crippen MR) is 69.0 cm³/mol. The smallest absolute Gasteiger partial charge is 0.326 e. The van der Waals surface area contributed by atoms with Crippen molar-refractivity contribution in [2.24, 2.45) is 0 Å². The molecule has 0 spiro atoms. The second kappa shape index (κ2) is 6.65. The molecular weight excluding hydrogens is 270 g/mol. The number of benzene rings is 1. The molecule has 1 atom stereocenters. The van der Waals surface area contributed by atoms with Crippen molar-refractivity contribution in [3.05, 3.63) is 29.8 Å². The number of ether oxygens (including phenoxy) is 1. The van der Waals surface area contributed by atoms with Crippen LogP contribution in [0.1, 0.15) is 12.5 Å². The van der Waals surface area contributed by atoms with Crippen molar-refractivity contribution in [3.63, 3.8) is 0 Å². The average molecular weight is 287 g/mol. The summed E-state index contributed by atoms with van der Waals surface area (Å²) >= 11 is 0. The van der Waals surface area contributed by atoms with Crippen molar-refractivity contribution in [2.75, 3.05) is 13.7 Å². The molecule has 0 saturated carbocycles. The summed E-state index contributed by atoms with van der Waals surface area (Å²) in [5.41, 5.74) is 1.01. The van der Waals surface area contributed by atoms with Crippen LogP contribution in [0.15, 0.2) is 29.2 Å². The molecule has 1 aromatic rings. The van der Waals surface area contributed by atoms with Crippen molar-refractivity contribution in [1.29, 1.82) is 0 Å². The van der Waals surface area contributed by atoms with Gasteiger partial charge in [-0.25, -0.2) is 8.42 Å². The molecule has 106 valence electrons. The Morgan fingerprint density at radius 3 is 2.37 bits per heavy atom. The zero-order valence-electron chi connectivity index (χ0n) is 10.8. The second-order valence-electron chi connectivity index (χ2n) is 3.88. The first-order valence-electron chi connectivity index (χ1n) is 5.74. The van der Waals surface area contributed by atoms with Crippen LogP contribution in [0.2, 0.25) is 0 Å². The standard InChI is InChI=1S/C12H17NO5S/c1-3-9-4-6-10(7-5-9)19(16,17)13-11(8-14)12(15)18-2/h4-7,11,13-14H,3,8H2,1-2H3/t11-/m1/s1. The molecular formula is C12H17NO5S. The van der Waals surface area contributed by atoms with Gasteiger partial charge in [-0.1, -0.05) is 19.1 Å². The fourth-order valence-corrected chi connectivity index (χ4v) is 2.64. The van der Waals surface area contributed by atoms with Gasteiger partial charge in [-0.15, -0.1) is 0 Å². The maximum absolute atomic E-state index is 12.0. The zero-order valence-corrected chi connectivity index (χ0v) is 11.6. The third kappa shape index (κ3) is 4.02. The Morgan fingerprint density at radius 1 is 1.37 bits per heavy atom. The van der Waals surface area contributed by atoms with Crippen molar-refractivity contribution < 1.29 is 23.1 Å². The Hall–Kier alpha value is -1.44. The number of aliphatic hydroxyl groups excluding tert-OH is 1. The van der Waals surface area contributed by atoms with E-state index in [1.807, 2.05) is 6.92 Å². The highest BCUT2D eigenvalue weighted by molar-refractivity contribution is 7.89. The van der Waals surface area contributed by atoms with E-state index in [2.05, 4.69) is 9.46 Å². The molecule has 0 bridgehead atoms. The van der Waals surface area contributed by atoms with Crippen LogP contribution < -0.4 is 4.72 Å². The number of esters is 1. The van der Waals surface area contributed by atoms with Crippen LogP contribution in [-0.2, 0) is 26.0 Å². The molecule has 1 aromatic carbocycles. The molecule has 0 heterocycles. The van der Waals surface area contributed by atoms with Crippen LogP contribution in [0.25, 0.3) is 0 Å². The van der Waals surface area contributed by atoms with Gasteiger partial charge >= 0.3 is 5.97 Å². The molecule has 0 aliphatic carbocycles. The molecule has 0 aliphatic rings. The Morgan fingerprint density at radius 2 is 1.95 bits per heavy atom.